The molecule has 112 valence electrons. The van der Waals surface area contributed by atoms with Crippen LogP contribution in [0.15, 0.2) is 4.90 Å². The molecule has 1 aromatic heterocycles. The number of thioether (sulfide) groups is 1. The molecule has 0 aromatic carbocycles. The molecule has 1 aromatic rings. The van der Waals surface area contributed by atoms with Crippen LogP contribution in [-0.4, -0.2) is 44.6 Å². The second-order valence-corrected chi connectivity index (χ2v) is 7.02. The molecule has 0 aliphatic carbocycles. The fraction of sp³-hybridized carbons (Fsp3) is 0.615. The first kappa shape index (κ1) is 15.5. The van der Waals surface area contributed by atoms with Gasteiger partial charge in [-0.2, -0.15) is 0 Å². The van der Waals surface area contributed by atoms with E-state index in [0.29, 0.717) is 17.2 Å². The number of rotatable bonds is 3. The van der Waals surface area contributed by atoms with Gasteiger partial charge in [-0.3, -0.25) is 0 Å². The molecule has 1 fully saturated rings. The number of hydrogen-bond acceptors (Lipinski definition) is 7. The van der Waals surface area contributed by atoms with Gasteiger partial charge in [-0.25, -0.2) is 4.79 Å². The van der Waals surface area contributed by atoms with Gasteiger partial charge < -0.3 is 20.1 Å². The molecule has 1 aliphatic rings. The van der Waals surface area contributed by atoms with Crippen molar-refractivity contribution in [3.8, 4) is 0 Å². The van der Waals surface area contributed by atoms with Crippen LogP contribution in [0.1, 0.15) is 23.5 Å². The number of carbonyl (C=O) groups is 1. The lowest BCUT2D eigenvalue weighted by Gasteiger charge is -2.39. The molecule has 0 unspecified atom stereocenters. The topological polar surface area (TPSA) is 64.8 Å². The molecule has 0 bridgehead atoms. The van der Waals surface area contributed by atoms with E-state index < -0.39 is 0 Å². The Hall–Kier alpha value is -0.920. The van der Waals surface area contributed by atoms with E-state index in [1.165, 1.54) is 18.4 Å². The molecular weight excluding hydrogens is 296 g/mol. The molecule has 7 heteroatoms. The fourth-order valence-electron chi connectivity index (χ4n) is 2.26. The van der Waals surface area contributed by atoms with Gasteiger partial charge >= 0.3 is 5.97 Å². The van der Waals surface area contributed by atoms with Crippen LogP contribution in [0.5, 0.6) is 0 Å². The molecule has 0 amide bonds. The Morgan fingerprint density at radius 2 is 2.25 bits per heavy atom. The maximum Gasteiger partial charge on any atom is 0.350 e. The second-order valence-electron chi connectivity index (χ2n) is 5.20. The number of morpholine rings is 1. The predicted molar refractivity (Wildman–Crippen MR) is 84.1 cm³/mol. The first-order valence-electron chi connectivity index (χ1n) is 6.33. The number of nitrogens with two attached hydrogens (primary N) is 1. The standard InChI is InChI=1S/C13H20N2O3S2/c1-13(2)7-15(5-6-18-13)11-9(19-4)8(14)10(20-11)12(16)17-3/h5-7,14H2,1-4H3. The van der Waals surface area contributed by atoms with Crippen molar-refractivity contribution < 1.29 is 14.3 Å². The summed E-state index contributed by atoms with van der Waals surface area (Å²) in [5, 5.41) is 1.03. The molecule has 0 saturated carbocycles. The monoisotopic (exact) mass is 316 g/mol. The lowest BCUT2D eigenvalue weighted by molar-refractivity contribution is -0.0276. The Kier molecular flexibility index (Phi) is 4.51. The number of carbonyl (C=O) groups excluding carboxylic acids is 1. The Labute approximate surface area is 127 Å². The molecule has 0 spiro atoms. The molecule has 1 saturated heterocycles. The van der Waals surface area contributed by atoms with Gasteiger partial charge in [0.15, 0.2) is 0 Å². The molecular formula is C13H20N2O3S2. The molecule has 20 heavy (non-hydrogen) atoms. The maximum absolute atomic E-state index is 11.8. The summed E-state index contributed by atoms with van der Waals surface area (Å²) in [6.07, 6.45) is 1.97. The summed E-state index contributed by atoms with van der Waals surface area (Å²) in [7, 11) is 1.37. The number of anilines is 2. The van der Waals surface area contributed by atoms with Crippen LogP contribution in [0, 0.1) is 0 Å². The number of thiophene rings is 1. The highest BCUT2D eigenvalue weighted by Crippen LogP contribution is 2.45. The van der Waals surface area contributed by atoms with Crippen molar-refractivity contribution in [3.05, 3.63) is 4.88 Å². The van der Waals surface area contributed by atoms with Gasteiger partial charge in [-0.15, -0.1) is 23.1 Å². The summed E-state index contributed by atoms with van der Waals surface area (Å²) in [6.45, 7) is 6.39. The van der Waals surface area contributed by atoms with Gasteiger partial charge in [0, 0.05) is 13.1 Å². The Morgan fingerprint density at radius 1 is 1.55 bits per heavy atom. The van der Waals surface area contributed by atoms with Crippen molar-refractivity contribution in [1.82, 2.24) is 0 Å². The largest absolute Gasteiger partial charge is 0.465 e. The first-order valence-corrected chi connectivity index (χ1v) is 8.37. The van der Waals surface area contributed by atoms with E-state index in [-0.39, 0.29) is 11.6 Å². The molecule has 2 rings (SSSR count). The summed E-state index contributed by atoms with van der Waals surface area (Å²) in [5.41, 5.74) is 6.42. The van der Waals surface area contributed by atoms with Crippen LogP contribution in [-0.2, 0) is 9.47 Å². The molecule has 1 aliphatic heterocycles. The number of ether oxygens (including phenoxy) is 2. The first-order chi connectivity index (χ1) is 9.39. The third-order valence-electron chi connectivity index (χ3n) is 3.17. The fourth-order valence-corrected chi connectivity index (χ4v) is 4.38. The Bertz CT molecular complexity index is 514. The molecule has 2 N–H and O–H groups in total. The highest BCUT2D eigenvalue weighted by atomic mass is 32.2. The SMILES string of the molecule is COC(=O)c1sc(N2CCOC(C)(C)C2)c(SC)c1N. The smallest absolute Gasteiger partial charge is 0.350 e. The number of nitrogens with zero attached hydrogens (tertiary/aromatic N) is 1. The predicted octanol–water partition coefficient (Wildman–Crippen LogP) is 2.45. The maximum atomic E-state index is 11.8. The highest BCUT2D eigenvalue weighted by molar-refractivity contribution is 7.99. The van der Waals surface area contributed by atoms with Gasteiger partial charge in [-0.05, 0) is 20.1 Å². The van der Waals surface area contributed by atoms with Gasteiger partial charge in [0.2, 0.25) is 0 Å². The van der Waals surface area contributed by atoms with Crippen LogP contribution in [0.2, 0.25) is 0 Å². The highest BCUT2D eigenvalue weighted by Gasteiger charge is 2.31. The zero-order valence-electron chi connectivity index (χ0n) is 12.2. The van der Waals surface area contributed by atoms with E-state index in [1.807, 2.05) is 6.26 Å². The Morgan fingerprint density at radius 3 is 2.80 bits per heavy atom. The van der Waals surface area contributed by atoms with Crippen LogP contribution in [0.25, 0.3) is 0 Å². The van der Waals surface area contributed by atoms with Crippen molar-refractivity contribution in [2.45, 2.75) is 24.3 Å². The van der Waals surface area contributed by atoms with Crippen LogP contribution in [0.3, 0.4) is 0 Å². The quantitative estimate of drug-likeness (QED) is 0.682. The number of esters is 1. The molecule has 0 radical (unpaired) electrons. The molecule has 5 nitrogen and oxygen atoms in total. The summed E-state index contributed by atoms with van der Waals surface area (Å²) in [6, 6.07) is 0. The van der Waals surface area contributed by atoms with Gasteiger partial charge in [0.05, 0.1) is 29.9 Å². The lowest BCUT2D eigenvalue weighted by Crippen LogP contribution is -2.48. The zero-order chi connectivity index (χ0) is 14.9. The van der Waals surface area contributed by atoms with Gasteiger partial charge in [0.25, 0.3) is 0 Å². The second kappa shape index (κ2) is 5.83. The van der Waals surface area contributed by atoms with E-state index in [4.69, 9.17) is 15.2 Å². The van der Waals surface area contributed by atoms with Crippen molar-refractivity contribution in [2.24, 2.45) is 0 Å². The zero-order valence-corrected chi connectivity index (χ0v) is 13.8. The minimum Gasteiger partial charge on any atom is -0.465 e. The van der Waals surface area contributed by atoms with Gasteiger partial charge in [0.1, 0.15) is 9.88 Å². The van der Waals surface area contributed by atoms with E-state index in [9.17, 15) is 4.79 Å². The van der Waals surface area contributed by atoms with Crippen molar-refractivity contribution >= 4 is 39.8 Å². The van der Waals surface area contributed by atoms with E-state index >= 15 is 0 Å². The van der Waals surface area contributed by atoms with Crippen molar-refractivity contribution in [2.75, 3.05) is 43.7 Å². The number of methoxy groups -OCH3 is 1. The normalized spacial score (nSPS) is 18.1. The summed E-state index contributed by atoms with van der Waals surface area (Å²) >= 11 is 2.96. The van der Waals surface area contributed by atoms with Crippen LogP contribution in [0.4, 0.5) is 10.7 Å². The summed E-state index contributed by atoms with van der Waals surface area (Å²) in [4.78, 5) is 15.5. The molecule has 0 atom stereocenters. The number of nitrogen functional groups attached to an aromatic ring is 1. The van der Waals surface area contributed by atoms with E-state index in [1.54, 1.807) is 11.8 Å². The van der Waals surface area contributed by atoms with E-state index in [0.717, 1.165) is 23.0 Å². The van der Waals surface area contributed by atoms with Gasteiger partial charge in [-0.1, -0.05) is 0 Å². The molecule has 2 heterocycles. The summed E-state index contributed by atoms with van der Waals surface area (Å²) in [5.74, 6) is -0.374. The van der Waals surface area contributed by atoms with Crippen molar-refractivity contribution in [1.29, 1.82) is 0 Å². The van der Waals surface area contributed by atoms with Crippen LogP contribution < -0.4 is 10.6 Å². The average molecular weight is 316 g/mol. The van der Waals surface area contributed by atoms with E-state index in [2.05, 4.69) is 18.7 Å². The number of hydrogen-bond donors (Lipinski definition) is 1. The van der Waals surface area contributed by atoms with Crippen molar-refractivity contribution in [3.63, 3.8) is 0 Å². The van der Waals surface area contributed by atoms with Crippen LogP contribution >= 0.6 is 23.1 Å². The lowest BCUT2D eigenvalue weighted by atomic mass is 10.1. The Balaban J connectivity index is 2.38. The summed E-state index contributed by atoms with van der Waals surface area (Å²) < 4.78 is 10.5. The third kappa shape index (κ3) is 2.89. The average Bonchev–Trinajstić information content (AvgIpc) is 2.73. The minimum atomic E-state index is -0.374. The minimum absolute atomic E-state index is 0.196. The third-order valence-corrected chi connectivity index (χ3v) is 5.37.